The maximum Gasteiger partial charge on any atom is 0.269 e. The number of nitro benzene ring substituents is 1. The van der Waals surface area contributed by atoms with Crippen LogP contribution in [0.3, 0.4) is 0 Å². The molecule has 0 aliphatic rings. The third kappa shape index (κ3) is 5.22. The molecule has 1 atom stereocenters. The third-order valence-corrected chi connectivity index (χ3v) is 5.97. The van der Waals surface area contributed by atoms with Gasteiger partial charge in [0.15, 0.2) is 0 Å². The molecule has 0 radical (unpaired) electrons. The minimum atomic E-state index is -0.448. The highest BCUT2D eigenvalue weighted by molar-refractivity contribution is 7.13. The van der Waals surface area contributed by atoms with Gasteiger partial charge < -0.3 is 9.73 Å². The van der Waals surface area contributed by atoms with E-state index in [2.05, 4.69) is 10.3 Å². The molecule has 4 aromatic rings. The summed E-state index contributed by atoms with van der Waals surface area (Å²) in [5, 5.41) is 16.5. The van der Waals surface area contributed by atoms with Gasteiger partial charge in [-0.2, -0.15) is 0 Å². The van der Waals surface area contributed by atoms with Crippen LogP contribution in [0.1, 0.15) is 22.7 Å². The molecule has 4 rings (SSSR count). The Labute approximate surface area is 192 Å². The second-order valence-corrected chi connectivity index (χ2v) is 8.45. The van der Waals surface area contributed by atoms with Gasteiger partial charge in [0.1, 0.15) is 6.26 Å². The zero-order chi connectivity index (χ0) is 22.5. The quantitative estimate of drug-likeness (QED) is 0.274. The molecule has 0 spiro atoms. The smallest absolute Gasteiger partial charge is 0.269 e. The molecule has 0 aliphatic heterocycles. The van der Waals surface area contributed by atoms with E-state index < -0.39 is 4.92 Å². The molecule has 2 heterocycles. The molecule has 2 aromatic heterocycles. The fourth-order valence-electron chi connectivity index (χ4n) is 3.29. The van der Waals surface area contributed by atoms with Crippen molar-refractivity contribution in [1.29, 1.82) is 0 Å². The minimum Gasteiger partial charge on any atom is -0.444 e. The van der Waals surface area contributed by atoms with E-state index in [0.29, 0.717) is 16.6 Å². The third-order valence-electron chi connectivity index (χ3n) is 4.87. The van der Waals surface area contributed by atoms with Gasteiger partial charge in [0.2, 0.25) is 11.8 Å². The molecule has 9 heteroatoms. The number of rotatable bonds is 8. The molecule has 32 heavy (non-hydrogen) atoms. The summed E-state index contributed by atoms with van der Waals surface area (Å²) in [4.78, 5) is 28.6. The van der Waals surface area contributed by atoms with Gasteiger partial charge in [-0.1, -0.05) is 41.9 Å². The summed E-state index contributed by atoms with van der Waals surface area (Å²) in [7, 11) is 0. The van der Waals surface area contributed by atoms with Crippen LogP contribution in [0, 0.1) is 10.1 Å². The molecule has 1 N–H and O–H groups in total. The first-order valence-electron chi connectivity index (χ1n) is 9.74. The first kappa shape index (κ1) is 21.7. The highest BCUT2D eigenvalue weighted by Crippen LogP contribution is 2.30. The molecule has 0 saturated carbocycles. The second kappa shape index (κ2) is 9.76. The van der Waals surface area contributed by atoms with E-state index in [9.17, 15) is 14.9 Å². The standard InChI is InChI=1S/C23H18ClN3O4S/c24-17-4-1-3-15(11-17)12-22(28)25-13-19(16-6-8-18(9-7-16)27(29)30)20-14-31-23(26-20)21-5-2-10-32-21/h1-11,14,19H,12-13H2,(H,25,28). The lowest BCUT2D eigenvalue weighted by Gasteiger charge is -2.16. The Morgan fingerprint density at radius 3 is 2.69 bits per heavy atom. The van der Waals surface area contributed by atoms with Crippen molar-refractivity contribution >= 4 is 34.5 Å². The average Bonchev–Trinajstić information content (AvgIpc) is 3.46. The van der Waals surface area contributed by atoms with Gasteiger partial charge in [-0.25, -0.2) is 4.98 Å². The van der Waals surface area contributed by atoms with E-state index in [0.717, 1.165) is 16.0 Å². The number of nitrogens with one attached hydrogen (secondary N) is 1. The van der Waals surface area contributed by atoms with Crippen molar-refractivity contribution in [2.24, 2.45) is 0 Å². The van der Waals surface area contributed by atoms with E-state index in [1.54, 1.807) is 36.6 Å². The van der Waals surface area contributed by atoms with Crippen LogP contribution in [0.5, 0.6) is 0 Å². The van der Waals surface area contributed by atoms with Gasteiger partial charge >= 0.3 is 0 Å². The fourth-order valence-corrected chi connectivity index (χ4v) is 4.16. The molecule has 2 aromatic carbocycles. The average molecular weight is 468 g/mol. The Hall–Kier alpha value is -3.49. The SMILES string of the molecule is O=C(Cc1cccc(Cl)c1)NCC(c1ccc([N+](=O)[O-])cc1)c1coc(-c2cccs2)n1. The maximum absolute atomic E-state index is 12.5. The normalized spacial score (nSPS) is 11.8. The second-order valence-electron chi connectivity index (χ2n) is 7.07. The Bertz CT molecular complexity index is 1220. The molecule has 162 valence electrons. The summed E-state index contributed by atoms with van der Waals surface area (Å²) in [6.45, 7) is 0.258. The molecule has 0 saturated heterocycles. The Morgan fingerprint density at radius 1 is 1.19 bits per heavy atom. The van der Waals surface area contributed by atoms with Crippen LogP contribution in [0.2, 0.25) is 5.02 Å². The minimum absolute atomic E-state index is 0.00285. The van der Waals surface area contributed by atoms with Crippen LogP contribution >= 0.6 is 22.9 Å². The van der Waals surface area contributed by atoms with E-state index in [1.165, 1.54) is 23.5 Å². The van der Waals surface area contributed by atoms with Gasteiger partial charge in [0, 0.05) is 29.6 Å². The first-order valence-corrected chi connectivity index (χ1v) is 11.0. The van der Waals surface area contributed by atoms with Crippen LogP contribution in [0.4, 0.5) is 5.69 Å². The molecule has 0 bridgehead atoms. The van der Waals surface area contributed by atoms with Crippen LogP contribution in [0.25, 0.3) is 10.8 Å². The van der Waals surface area contributed by atoms with Crippen molar-refractivity contribution in [2.75, 3.05) is 6.54 Å². The van der Waals surface area contributed by atoms with E-state index in [4.69, 9.17) is 16.0 Å². The molecular weight excluding hydrogens is 450 g/mol. The maximum atomic E-state index is 12.5. The van der Waals surface area contributed by atoms with Gasteiger partial charge in [0.05, 0.1) is 21.9 Å². The Kier molecular flexibility index (Phi) is 6.63. The number of oxazole rings is 1. The van der Waals surface area contributed by atoms with Crippen LogP contribution in [-0.2, 0) is 11.2 Å². The zero-order valence-corrected chi connectivity index (χ0v) is 18.3. The number of amides is 1. The largest absolute Gasteiger partial charge is 0.444 e. The monoisotopic (exact) mass is 467 g/mol. The fraction of sp³-hybridized carbons (Fsp3) is 0.130. The molecular formula is C23H18ClN3O4S. The van der Waals surface area contributed by atoms with E-state index in [1.807, 2.05) is 23.6 Å². The van der Waals surface area contributed by atoms with Crippen molar-refractivity contribution in [3.8, 4) is 10.8 Å². The lowest BCUT2D eigenvalue weighted by molar-refractivity contribution is -0.384. The molecule has 0 aliphatic carbocycles. The van der Waals surface area contributed by atoms with Gasteiger partial charge in [-0.3, -0.25) is 14.9 Å². The van der Waals surface area contributed by atoms with Crippen molar-refractivity contribution in [3.63, 3.8) is 0 Å². The number of nitro groups is 1. The van der Waals surface area contributed by atoms with E-state index >= 15 is 0 Å². The summed E-state index contributed by atoms with van der Waals surface area (Å²) in [5.74, 6) is -0.00935. The summed E-state index contributed by atoms with van der Waals surface area (Å²) in [6.07, 6.45) is 1.75. The van der Waals surface area contributed by atoms with Crippen LogP contribution in [-0.4, -0.2) is 22.4 Å². The van der Waals surface area contributed by atoms with Crippen molar-refractivity contribution in [2.45, 2.75) is 12.3 Å². The number of hydrogen-bond acceptors (Lipinski definition) is 6. The van der Waals surface area contributed by atoms with Crippen molar-refractivity contribution < 1.29 is 14.1 Å². The van der Waals surface area contributed by atoms with Crippen LogP contribution in [0.15, 0.2) is 76.7 Å². The zero-order valence-electron chi connectivity index (χ0n) is 16.7. The first-order chi connectivity index (χ1) is 15.5. The number of aromatic nitrogens is 1. The van der Waals surface area contributed by atoms with Crippen molar-refractivity contribution in [1.82, 2.24) is 10.3 Å². The predicted octanol–water partition coefficient (Wildman–Crippen LogP) is 5.46. The summed E-state index contributed by atoms with van der Waals surface area (Å²) < 4.78 is 5.65. The van der Waals surface area contributed by atoms with Gasteiger partial charge in [0.25, 0.3) is 5.69 Å². The van der Waals surface area contributed by atoms with Gasteiger partial charge in [-0.15, -0.1) is 11.3 Å². The van der Waals surface area contributed by atoms with Gasteiger partial charge in [-0.05, 0) is 34.7 Å². The molecule has 1 amide bonds. The number of benzene rings is 2. The summed E-state index contributed by atoms with van der Waals surface area (Å²) >= 11 is 7.51. The lowest BCUT2D eigenvalue weighted by Crippen LogP contribution is -2.30. The Balaban J connectivity index is 1.54. The number of halogens is 1. The highest BCUT2D eigenvalue weighted by atomic mass is 35.5. The number of carbonyl (C=O) groups excluding carboxylic acids is 1. The molecule has 7 nitrogen and oxygen atoms in total. The topological polar surface area (TPSA) is 98.3 Å². The Morgan fingerprint density at radius 2 is 2.00 bits per heavy atom. The number of non-ortho nitro benzene ring substituents is 1. The van der Waals surface area contributed by atoms with E-state index in [-0.39, 0.29) is 30.5 Å². The number of carbonyl (C=O) groups is 1. The summed E-state index contributed by atoms with van der Waals surface area (Å²) in [6, 6.07) is 17.2. The highest BCUT2D eigenvalue weighted by Gasteiger charge is 2.21. The number of thiophene rings is 1. The number of hydrogen-bond donors (Lipinski definition) is 1. The molecule has 0 fully saturated rings. The molecule has 1 unspecified atom stereocenters. The van der Waals surface area contributed by atoms with Crippen LogP contribution < -0.4 is 5.32 Å². The van der Waals surface area contributed by atoms with Crippen molar-refractivity contribution in [3.05, 3.63) is 104 Å². The predicted molar refractivity (Wildman–Crippen MR) is 123 cm³/mol. The number of nitrogens with zero attached hydrogens (tertiary/aromatic N) is 2. The lowest BCUT2D eigenvalue weighted by atomic mass is 9.95. The summed E-state index contributed by atoms with van der Waals surface area (Å²) in [5.41, 5.74) is 2.22.